The molecule has 0 fully saturated rings. The van der Waals surface area contributed by atoms with Crippen molar-refractivity contribution in [2.24, 2.45) is 0 Å². The second-order valence-electron chi connectivity index (χ2n) is 7.40. The van der Waals surface area contributed by atoms with Gasteiger partial charge in [0.25, 0.3) is 5.91 Å². The van der Waals surface area contributed by atoms with E-state index in [4.69, 9.17) is 16.3 Å². The zero-order chi connectivity index (χ0) is 22.3. The minimum absolute atomic E-state index is 0.234. The van der Waals surface area contributed by atoms with Crippen LogP contribution >= 0.6 is 11.6 Å². The summed E-state index contributed by atoms with van der Waals surface area (Å²) in [6.07, 6.45) is 3.42. The molecule has 0 aliphatic heterocycles. The van der Waals surface area contributed by atoms with E-state index < -0.39 is 0 Å². The van der Waals surface area contributed by atoms with E-state index in [1.807, 2.05) is 61.5 Å². The van der Waals surface area contributed by atoms with Gasteiger partial charge in [0, 0.05) is 35.2 Å². The number of carbonyl (C=O) groups is 1. The number of aromatic nitrogens is 3. The number of hydrogen-bond acceptors (Lipinski definition) is 4. The fraction of sp³-hybridized carbons (Fsp3) is 0.160. The number of halogens is 1. The Labute approximate surface area is 191 Å². The van der Waals surface area contributed by atoms with Gasteiger partial charge in [-0.05, 0) is 48.4 Å². The highest BCUT2D eigenvalue weighted by molar-refractivity contribution is 6.30. The summed E-state index contributed by atoms with van der Waals surface area (Å²) in [7, 11) is 0. The van der Waals surface area contributed by atoms with Gasteiger partial charge in [-0.15, -0.1) is 0 Å². The third kappa shape index (κ3) is 5.53. The standard InChI is InChI=1S/C25H23ClN4O2/c1-18-12-23(25(31)28-15-20-8-5-11-27-14-20)29-30(18)16-21-13-22(26)9-10-24(21)32-17-19-6-3-2-4-7-19/h2-14H,15-17H2,1H3,(H,28,31). The van der Waals surface area contributed by atoms with Crippen LogP contribution in [0.1, 0.15) is 32.9 Å². The van der Waals surface area contributed by atoms with Crippen LogP contribution in [0.2, 0.25) is 5.02 Å². The van der Waals surface area contributed by atoms with E-state index in [9.17, 15) is 4.79 Å². The molecule has 6 nitrogen and oxygen atoms in total. The van der Waals surface area contributed by atoms with E-state index in [0.29, 0.717) is 30.4 Å². The Morgan fingerprint density at radius 2 is 1.88 bits per heavy atom. The van der Waals surface area contributed by atoms with Crippen molar-refractivity contribution in [2.75, 3.05) is 0 Å². The molecule has 162 valence electrons. The van der Waals surface area contributed by atoms with Gasteiger partial charge in [0.1, 0.15) is 18.1 Å². The highest BCUT2D eigenvalue weighted by Crippen LogP contribution is 2.25. The van der Waals surface area contributed by atoms with Crippen LogP contribution in [0, 0.1) is 6.92 Å². The molecule has 7 heteroatoms. The second-order valence-corrected chi connectivity index (χ2v) is 7.84. The molecule has 4 rings (SSSR count). The summed E-state index contributed by atoms with van der Waals surface area (Å²) in [5.74, 6) is 0.498. The minimum atomic E-state index is -0.234. The van der Waals surface area contributed by atoms with Gasteiger partial charge in [-0.3, -0.25) is 14.5 Å². The van der Waals surface area contributed by atoms with Crippen LogP contribution in [-0.4, -0.2) is 20.7 Å². The largest absolute Gasteiger partial charge is 0.489 e. The van der Waals surface area contributed by atoms with Crippen LogP contribution in [-0.2, 0) is 19.7 Å². The van der Waals surface area contributed by atoms with Crippen LogP contribution in [0.4, 0.5) is 0 Å². The number of nitrogens with zero attached hydrogens (tertiary/aromatic N) is 3. The van der Waals surface area contributed by atoms with E-state index in [-0.39, 0.29) is 5.91 Å². The van der Waals surface area contributed by atoms with Gasteiger partial charge in [-0.1, -0.05) is 48.0 Å². The molecule has 0 aliphatic carbocycles. The van der Waals surface area contributed by atoms with Crippen LogP contribution in [0.15, 0.2) is 79.1 Å². The molecule has 0 saturated heterocycles. The summed E-state index contributed by atoms with van der Waals surface area (Å²) in [6, 6.07) is 21.0. The molecule has 0 atom stereocenters. The molecule has 2 aromatic heterocycles. The molecule has 1 N–H and O–H groups in total. The van der Waals surface area contributed by atoms with Gasteiger partial charge < -0.3 is 10.1 Å². The predicted molar refractivity (Wildman–Crippen MR) is 124 cm³/mol. The first-order chi connectivity index (χ1) is 15.6. The van der Waals surface area contributed by atoms with E-state index in [2.05, 4.69) is 15.4 Å². The fourth-order valence-corrected chi connectivity index (χ4v) is 3.46. The summed E-state index contributed by atoms with van der Waals surface area (Å²) < 4.78 is 7.82. The summed E-state index contributed by atoms with van der Waals surface area (Å²) in [6.45, 7) is 3.20. The lowest BCUT2D eigenvalue weighted by atomic mass is 10.2. The van der Waals surface area contributed by atoms with Crippen molar-refractivity contribution in [1.82, 2.24) is 20.1 Å². The van der Waals surface area contributed by atoms with E-state index in [1.54, 1.807) is 29.2 Å². The van der Waals surface area contributed by atoms with Crippen molar-refractivity contribution in [3.05, 3.63) is 112 Å². The normalized spacial score (nSPS) is 10.7. The van der Waals surface area contributed by atoms with Crippen molar-refractivity contribution >= 4 is 17.5 Å². The van der Waals surface area contributed by atoms with Crippen LogP contribution in [0.3, 0.4) is 0 Å². The lowest BCUT2D eigenvalue weighted by Gasteiger charge is -2.13. The Bertz CT molecular complexity index is 1190. The van der Waals surface area contributed by atoms with E-state index in [1.165, 1.54) is 0 Å². The first-order valence-electron chi connectivity index (χ1n) is 10.3. The Hall–Kier alpha value is -3.64. The van der Waals surface area contributed by atoms with Gasteiger partial charge in [-0.2, -0.15) is 5.10 Å². The molecule has 0 radical (unpaired) electrons. The molecule has 1 amide bonds. The van der Waals surface area contributed by atoms with Gasteiger partial charge >= 0.3 is 0 Å². The summed E-state index contributed by atoms with van der Waals surface area (Å²) in [5, 5.41) is 7.99. The zero-order valence-electron chi connectivity index (χ0n) is 17.7. The monoisotopic (exact) mass is 446 g/mol. The van der Waals surface area contributed by atoms with Crippen LogP contribution in [0.25, 0.3) is 0 Å². The maximum atomic E-state index is 12.6. The topological polar surface area (TPSA) is 69.0 Å². The number of carbonyl (C=O) groups excluding carboxylic acids is 1. The Morgan fingerprint density at radius 3 is 2.66 bits per heavy atom. The number of nitrogens with one attached hydrogen (secondary N) is 1. The smallest absolute Gasteiger partial charge is 0.272 e. The molecule has 32 heavy (non-hydrogen) atoms. The van der Waals surface area contributed by atoms with Gasteiger partial charge in [0.2, 0.25) is 0 Å². The van der Waals surface area contributed by atoms with Gasteiger partial charge in [0.15, 0.2) is 0 Å². The van der Waals surface area contributed by atoms with Crippen molar-refractivity contribution in [1.29, 1.82) is 0 Å². The highest BCUT2D eigenvalue weighted by Gasteiger charge is 2.14. The number of aryl methyl sites for hydroxylation is 1. The predicted octanol–water partition coefficient (Wildman–Crippen LogP) is 4.80. The molecule has 0 aliphatic rings. The van der Waals surface area contributed by atoms with Crippen LogP contribution in [0.5, 0.6) is 5.75 Å². The SMILES string of the molecule is Cc1cc(C(=O)NCc2cccnc2)nn1Cc1cc(Cl)ccc1OCc1ccccc1. The molecular weight excluding hydrogens is 424 g/mol. The van der Waals surface area contributed by atoms with Gasteiger partial charge in [-0.25, -0.2) is 0 Å². The maximum Gasteiger partial charge on any atom is 0.272 e. The van der Waals surface area contributed by atoms with Crippen molar-refractivity contribution in [3.63, 3.8) is 0 Å². The zero-order valence-corrected chi connectivity index (χ0v) is 18.4. The molecule has 2 aromatic carbocycles. The minimum Gasteiger partial charge on any atom is -0.489 e. The number of benzene rings is 2. The van der Waals surface area contributed by atoms with Crippen molar-refractivity contribution in [2.45, 2.75) is 26.6 Å². The molecular formula is C25H23ClN4O2. The number of pyridine rings is 1. The van der Waals surface area contributed by atoms with E-state index >= 15 is 0 Å². The highest BCUT2D eigenvalue weighted by atomic mass is 35.5. The lowest BCUT2D eigenvalue weighted by Crippen LogP contribution is -2.23. The average Bonchev–Trinajstić information content (AvgIpc) is 3.18. The Kier molecular flexibility index (Phi) is 6.82. The first kappa shape index (κ1) is 21.6. The number of amides is 1. The van der Waals surface area contributed by atoms with Crippen molar-refractivity contribution in [3.8, 4) is 5.75 Å². The molecule has 0 unspecified atom stereocenters. The summed E-state index contributed by atoms with van der Waals surface area (Å²) in [4.78, 5) is 16.6. The van der Waals surface area contributed by atoms with Crippen LogP contribution < -0.4 is 10.1 Å². The number of ether oxygens (including phenoxy) is 1. The summed E-state index contributed by atoms with van der Waals surface area (Å²) in [5.41, 5.74) is 4.13. The molecule has 2 heterocycles. The molecule has 0 spiro atoms. The number of hydrogen-bond donors (Lipinski definition) is 1. The van der Waals surface area contributed by atoms with E-state index in [0.717, 1.165) is 28.1 Å². The quantitative estimate of drug-likeness (QED) is 0.422. The first-order valence-corrected chi connectivity index (χ1v) is 10.6. The van der Waals surface area contributed by atoms with Gasteiger partial charge in [0.05, 0.1) is 6.54 Å². The number of rotatable bonds is 8. The molecule has 0 saturated carbocycles. The third-order valence-electron chi connectivity index (χ3n) is 4.97. The molecule has 4 aromatic rings. The maximum absolute atomic E-state index is 12.6. The molecule has 0 bridgehead atoms. The lowest BCUT2D eigenvalue weighted by molar-refractivity contribution is 0.0945. The average molecular weight is 447 g/mol. The fourth-order valence-electron chi connectivity index (χ4n) is 3.27. The van der Waals surface area contributed by atoms with Crippen molar-refractivity contribution < 1.29 is 9.53 Å². The summed E-state index contributed by atoms with van der Waals surface area (Å²) >= 11 is 6.24. The third-order valence-corrected chi connectivity index (χ3v) is 5.20. The Morgan fingerprint density at radius 1 is 1.06 bits per heavy atom. The second kappa shape index (κ2) is 10.1. The Balaban J connectivity index is 1.46.